The number of carbonyl (C=O) groups excluding carboxylic acids is 1. The lowest BCUT2D eigenvalue weighted by atomic mass is 10.1. The van der Waals surface area contributed by atoms with E-state index in [9.17, 15) is 9.18 Å². The quantitative estimate of drug-likeness (QED) is 0.377. The minimum absolute atomic E-state index is 0.230. The van der Waals surface area contributed by atoms with E-state index < -0.39 is 0 Å². The highest BCUT2D eigenvalue weighted by Gasteiger charge is 2.17. The third-order valence-corrected chi connectivity index (χ3v) is 5.66. The predicted octanol–water partition coefficient (Wildman–Crippen LogP) is 6.63. The molecule has 1 aromatic heterocycles. The summed E-state index contributed by atoms with van der Waals surface area (Å²) in [6, 6.07) is 23.1. The maximum Gasteiger partial charge on any atom is 0.257 e. The molecule has 0 radical (unpaired) electrons. The summed E-state index contributed by atoms with van der Waals surface area (Å²) in [6.45, 7) is 0. The maximum atomic E-state index is 13.3. The lowest BCUT2D eigenvalue weighted by Gasteiger charge is -2.02. The number of hydrogen-bond donors (Lipinski definition) is 1. The Hall–Kier alpha value is -2.83. The molecule has 3 aromatic carbocycles. The number of benzene rings is 3. The summed E-state index contributed by atoms with van der Waals surface area (Å²) in [5, 5.41) is 3.36. The van der Waals surface area contributed by atoms with E-state index in [1.807, 2.05) is 42.5 Å². The Morgan fingerprint density at radius 2 is 1.57 bits per heavy atom. The highest BCUT2D eigenvalue weighted by Crippen LogP contribution is 2.39. The van der Waals surface area contributed by atoms with Gasteiger partial charge in [0, 0.05) is 15.6 Å². The average Bonchev–Trinajstić information content (AvgIpc) is 3.13. The molecule has 0 aliphatic carbocycles. The molecule has 0 saturated carbocycles. The molecular formula is C22H14BrFN2OS. The summed E-state index contributed by atoms with van der Waals surface area (Å²) in [5.74, 6) is -0.532. The molecule has 0 aliphatic rings. The third kappa shape index (κ3) is 4.03. The minimum atomic E-state index is -0.302. The molecule has 1 amide bonds. The van der Waals surface area contributed by atoms with E-state index in [2.05, 4.69) is 26.2 Å². The molecule has 0 unspecified atom stereocenters. The number of anilines is 1. The van der Waals surface area contributed by atoms with Crippen molar-refractivity contribution in [3.05, 3.63) is 94.7 Å². The van der Waals surface area contributed by atoms with Gasteiger partial charge in [-0.25, -0.2) is 9.37 Å². The highest BCUT2D eigenvalue weighted by molar-refractivity contribution is 9.10. The first-order valence-corrected chi connectivity index (χ1v) is 10.1. The van der Waals surface area contributed by atoms with E-state index in [-0.39, 0.29) is 11.7 Å². The fourth-order valence-corrected chi connectivity index (χ4v) is 3.99. The van der Waals surface area contributed by atoms with Crippen LogP contribution in [0, 0.1) is 5.82 Å². The first kappa shape index (κ1) is 18.5. The molecule has 0 spiro atoms. The number of rotatable bonds is 4. The van der Waals surface area contributed by atoms with Crippen molar-refractivity contribution in [3.63, 3.8) is 0 Å². The third-order valence-electron chi connectivity index (χ3n) is 4.11. The minimum Gasteiger partial charge on any atom is -0.298 e. The van der Waals surface area contributed by atoms with Crippen LogP contribution in [0.1, 0.15) is 10.4 Å². The predicted molar refractivity (Wildman–Crippen MR) is 115 cm³/mol. The topological polar surface area (TPSA) is 42.0 Å². The Bertz CT molecular complexity index is 1110. The van der Waals surface area contributed by atoms with Gasteiger partial charge < -0.3 is 0 Å². The zero-order chi connectivity index (χ0) is 19.5. The van der Waals surface area contributed by atoms with Crippen LogP contribution in [0.4, 0.5) is 9.52 Å². The molecular weight excluding hydrogens is 439 g/mol. The van der Waals surface area contributed by atoms with E-state index in [4.69, 9.17) is 0 Å². The number of nitrogens with zero attached hydrogens (tertiary/aromatic N) is 1. The maximum absolute atomic E-state index is 13.3. The molecule has 0 fully saturated rings. The molecule has 1 heterocycles. The van der Waals surface area contributed by atoms with Crippen LogP contribution in [0.15, 0.2) is 83.3 Å². The normalized spacial score (nSPS) is 10.6. The van der Waals surface area contributed by atoms with Crippen molar-refractivity contribution < 1.29 is 9.18 Å². The molecule has 4 aromatic rings. The van der Waals surface area contributed by atoms with Crippen LogP contribution < -0.4 is 5.32 Å². The Morgan fingerprint density at radius 3 is 2.25 bits per heavy atom. The van der Waals surface area contributed by atoms with Gasteiger partial charge in [0.1, 0.15) is 5.82 Å². The number of halogens is 2. The van der Waals surface area contributed by atoms with Crippen LogP contribution in [0.25, 0.3) is 21.7 Å². The number of carbonyl (C=O) groups is 1. The van der Waals surface area contributed by atoms with Gasteiger partial charge in [-0.2, -0.15) is 0 Å². The standard InChI is InChI=1S/C22H14BrFN2OS/c23-17-10-6-16(7-11-17)21(27)26-22-25-19(14-8-12-18(24)13-9-14)20(28-22)15-4-2-1-3-5-15/h1-13H,(H,25,26,27). The van der Waals surface area contributed by atoms with Crippen LogP contribution in [-0.2, 0) is 0 Å². The van der Waals surface area contributed by atoms with E-state index in [1.54, 1.807) is 24.3 Å². The molecule has 0 aliphatic heterocycles. The Morgan fingerprint density at radius 1 is 0.893 bits per heavy atom. The summed E-state index contributed by atoms with van der Waals surface area (Å²) >= 11 is 4.75. The van der Waals surface area contributed by atoms with Crippen LogP contribution in [0.5, 0.6) is 0 Å². The van der Waals surface area contributed by atoms with Gasteiger partial charge in [-0.1, -0.05) is 57.6 Å². The molecule has 3 nitrogen and oxygen atoms in total. The number of amides is 1. The van der Waals surface area contributed by atoms with Gasteiger partial charge in [-0.05, 0) is 54.1 Å². The van der Waals surface area contributed by atoms with E-state index in [1.165, 1.54) is 23.5 Å². The lowest BCUT2D eigenvalue weighted by Crippen LogP contribution is -2.11. The van der Waals surface area contributed by atoms with Gasteiger partial charge in [0.05, 0.1) is 10.6 Å². The Balaban J connectivity index is 1.71. The van der Waals surface area contributed by atoms with Gasteiger partial charge in [0.15, 0.2) is 5.13 Å². The fraction of sp³-hybridized carbons (Fsp3) is 0. The number of thiazole rings is 1. The van der Waals surface area contributed by atoms with Crippen molar-refractivity contribution in [1.82, 2.24) is 4.98 Å². The molecule has 0 saturated heterocycles. The van der Waals surface area contributed by atoms with Crippen molar-refractivity contribution in [2.75, 3.05) is 5.32 Å². The summed E-state index contributed by atoms with van der Waals surface area (Å²) in [7, 11) is 0. The van der Waals surface area contributed by atoms with Crippen molar-refractivity contribution >= 4 is 38.3 Å². The van der Waals surface area contributed by atoms with Crippen LogP contribution in [0.3, 0.4) is 0 Å². The zero-order valence-electron chi connectivity index (χ0n) is 14.5. The van der Waals surface area contributed by atoms with Crippen molar-refractivity contribution in [1.29, 1.82) is 0 Å². The van der Waals surface area contributed by atoms with Crippen molar-refractivity contribution in [3.8, 4) is 21.7 Å². The Labute approximate surface area is 174 Å². The molecule has 0 atom stereocenters. The summed E-state index contributed by atoms with van der Waals surface area (Å²) in [5.41, 5.74) is 3.04. The van der Waals surface area contributed by atoms with Gasteiger partial charge in [-0.15, -0.1) is 0 Å². The smallest absolute Gasteiger partial charge is 0.257 e. The second kappa shape index (κ2) is 8.04. The summed E-state index contributed by atoms with van der Waals surface area (Å²) < 4.78 is 14.2. The fourth-order valence-electron chi connectivity index (χ4n) is 2.73. The van der Waals surface area contributed by atoms with Crippen LogP contribution >= 0.6 is 27.3 Å². The molecule has 6 heteroatoms. The highest BCUT2D eigenvalue weighted by atomic mass is 79.9. The first-order chi connectivity index (χ1) is 13.6. The van der Waals surface area contributed by atoms with E-state index >= 15 is 0 Å². The largest absolute Gasteiger partial charge is 0.298 e. The molecule has 1 N–H and O–H groups in total. The van der Waals surface area contributed by atoms with Gasteiger partial charge in [0.25, 0.3) is 5.91 Å². The molecule has 138 valence electrons. The monoisotopic (exact) mass is 452 g/mol. The first-order valence-electron chi connectivity index (χ1n) is 8.49. The van der Waals surface area contributed by atoms with Gasteiger partial charge >= 0.3 is 0 Å². The number of hydrogen-bond acceptors (Lipinski definition) is 3. The summed E-state index contributed by atoms with van der Waals surface area (Å²) in [4.78, 5) is 18.1. The lowest BCUT2D eigenvalue weighted by molar-refractivity contribution is 0.102. The number of nitrogens with one attached hydrogen (secondary N) is 1. The summed E-state index contributed by atoms with van der Waals surface area (Å²) in [6.07, 6.45) is 0. The number of aromatic nitrogens is 1. The van der Waals surface area contributed by atoms with Gasteiger partial charge in [-0.3, -0.25) is 10.1 Å². The van der Waals surface area contributed by atoms with Crippen LogP contribution in [-0.4, -0.2) is 10.9 Å². The van der Waals surface area contributed by atoms with Crippen molar-refractivity contribution in [2.45, 2.75) is 0 Å². The van der Waals surface area contributed by atoms with Gasteiger partial charge in [0.2, 0.25) is 0 Å². The molecule has 0 bridgehead atoms. The Kier molecular flexibility index (Phi) is 5.32. The SMILES string of the molecule is O=C(Nc1nc(-c2ccc(F)cc2)c(-c2ccccc2)s1)c1ccc(Br)cc1. The second-order valence-electron chi connectivity index (χ2n) is 6.03. The second-order valence-corrected chi connectivity index (χ2v) is 7.95. The van der Waals surface area contributed by atoms with Crippen molar-refractivity contribution in [2.24, 2.45) is 0 Å². The van der Waals surface area contributed by atoms with Crippen LogP contribution in [0.2, 0.25) is 0 Å². The average molecular weight is 453 g/mol. The van der Waals surface area contributed by atoms with E-state index in [0.29, 0.717) is 16.4 Å². The van der Waals surface area contributed by atoms with E-state index in [0.717, 1.165) is 20.5 Å². The molecule has 4 rings (SSSR count). The molecule has 28 heavy (non-hydrogen) atoms. The zero-order valence-corrected chi connectivity index (χ0v) is 16.9.